The molecule has 1 amide bonds. The van der Waals surface area contributed by atoms with E-state index in [0.29, 0.717) is 16.1 Å². The predicted molar refractivity (Wildman–Crippen MR) is 82.9 cm³/mol. The molecule has 22 heavy (non-hydrogen) atoms. The Hall–Kier alpha value is -2.67. The van der Waals surface area contributed by atoms with Gasteiger partial charge in [0.2, 0.25) is 0 Å². The van der Waals surface area contributed by atoms with E-state index in [1.165, 1.54) is 12.4 Å². The summed E-state index contributed by atoms with van der Waals surface area (Å²) in [5, 5.41) is 2.63. The van der Waals surface area contributed by atoms with E-state index < -0.39 is 0 Å². The third kappa shape index (κ3) is 3.50. The molecule has 0 aliphatic heterocycles. The summed E-state index contributed by atoms with van der Waals surface area (Å²) >= 11 is 3.14. The first-order valence-corrected chi connectivity index (χ1v) is 7.11. The molecule has 0 saturated carbocycles. The Morgan fingerprint density at radius 2 is 1.82 bits per heavy atom. The molecule has 1 aromatic carbocycles. The SMILES string of the molecule is O=C(Nc1cnc(Oc2ccccc2)nc1)c1ccc(Br)o1. The molecule has 0 aliphatic rings. The summed E-state index contributed by atoms with van der Waals surface area (Å²) in [5.41, 5.74) is 0.443. The maximum atomic E-state index is 11.9. The molecule has 0 unspecified atom stereocenters. The van der Waals surface area contributed by atoms with E-state index in [9.17, 15) is 4.79 Å². The van der Waals surface area contributed by atoms with Crippen molar-refractivity contribution in [3.63, 3.8) is 0 Å². The van der Waals surface area contributed by atoms with Gasteiger partial charge in [-0.2, -0.15) is 0 Å². The number of nitrogens with one attached hydrogen (secondary N) is 1. The summed E-state index contributed by atoms with van der Waals surface area (Å²) in [6.07, 6.45) is 2.92. The van der Waals surface area contributed by atoms with Crippen LogP contribution in [0, 0.1) is 0 Å². The molecule has 110 valence electrons. The van der Waals surface area contributed by atoms with E-state index in [1.54, 1.807) is 24.3 Å². The van der Waals surface area contributed by atoms with Gasteiger partial charge in [-0.3, -0.25) is 4.79 Å². The second kappa shape index (κ2) is 6.40. The standard InChI is InChI=1S/C15H10BrN3O3/c16-13-7-6-12(22-13)14(20)19-10-8-17-15(18-9-10)21-11-4-2-1-3-5-11/h1-9H,(H,19,20). The first kappa shape index (κ1) is 14.3. The van der Waals surface area contributed by atoms with Gasteiger partial charge in [-0.1, -0.05) is 18.2 Å². The number of para-hydroxylation sites is 1. The number of nitrogens with zero attached hydrogens (tertiary/aromatic N) is 2. The molecule has 0 fully saturated rings. The van der Waals surface area contributed by atoms with Gasteiger partial charge in [0.25, 0.3) is 5.91 Å². The molecule has 2 heterocycles. The minimum atomic E-state index is -0.383. The second-order valence-corrected chi connectivity index (χ2v) is 5.01. The average molecular weight is 360 g/mol. The molecular formula is C15H10BrN3O3. The third-order valence-corrected chi connectivity index (χ3v) is 3.06. The number of halogens is 1. The van der Waals surface area contributed by atoms with Crippen LogP contribution in [0.5, 0.6) is 11.8 Å². The lowest BCUT2D eigenvalue weighted by Crippen LogP contribution is -2.11. The Balaban J connectivity index is 1.65. The molecule has 0 aliphatic carbocycles. The first-order chi connectivity index (χ1) is 10.7. The summed E-state index contributed by atoms with van der Waals surface area (Å²) in [5.74, 6) is 0.447. The van der Waals surface area contributed by atoms with Crippen LogP contribution in [-0.2, 0) is 0 Å². The molecular weight excluding hydrogens is 350 g/mol. The maximum Gasteiger partial charge on any atom is 0.322 e. The number of carbonyl (C=O) groups excluding carboxylic acids is 1. The van der Waals surface area contributed by atoms with E-state index >= 15 is 0 Å². The molecule has 0 spiro atoms. The van der Waals surface area contributed by atoms with Crippen molar-refractivity contribution < 1.29 is 13.9 Å². The van der Waals surface area contributed by atoms with Crippen LogP contribution in [0.4, 0.5) is 5.69 Å². The van der Waals surface area contributed by atoms with E-state index in [0.717, 1.165) is 0 Å². The number of hydrogen-bond acceptors (Lipinski definition) is 5. The van der Waals surface area contributed by atoms with Crippen molar-refractivity contribution in [2.45, 2.75) is 0 Å². The lowest BCUT2D eigenvalue weighted by molar-refractivity contribution is 0.0995. The Morgan fingerprint density at radius 1 is 1.09 bits per heavy atom. The fraction of sp³-hybridized carbons (Fsp3) is 0. The quantitative estimate of drug-likeness (QED) is 0.764. The molecule has 7 heteroatoms. The maximum absolute atomic E-state index is 11.9. The molecule has 0 bridgehead atoms. The third-order valence-electron chi connectivity index (χ3n) is 2.64. The number of aromatic nitrogens is 2. The van der Waals surface area contributed by atoms with Crippen molar-refractivity contribution in [2.24, 2.45) is 0 Å². The smallest absolute Gasteiger partial charge is 0.322 e. The molecule has 0 atom stereocenters. The molecule has 3 aromatic rings. The summed E-state index contributed by atoms with van der Waals surface area (Å²) in [4.78, 5) is 20.0. The van der Waals surface area contributed by atoms with Gasteiger partial charge >= 0.3 is 6.01 Å². The lowest BCUT2D eigenvalue weighted by Gasteiger charge is -2.05. The van der Waals surface area contributed by atoms with E-state index in [1.807, 2.05) is 18.2 Å². The zero-order valence-electron chi connectivity index (χ0n) is 11.2. The highest BCUT2D eigenvalue weighted by Gasteiger charge is 2.11. The Morgan fingerprint density at radius 3 is 2.45 bits per heavy atom. The highest BCUT2D eigenvalue weighted by Crippen LogP contribution is 2.18. The zero-order chi connectivity index (χ0) is 15.4. The highest BCUT2D eigenvalue weighted by atomic mass is 79.9. The largest absolute Gasteiger partial charge is 0.444 e. The van der Waals surface area contributed by atoms with E-state index in [-0.39, 0.29) is 17.7 Å². The Bertz CT molecular complexity index is 772. The molecule has 6 nitrogen and oxygen atoms in total. The van der Waals surface area contributed by atoms with E-state index in [2.05, 4.69) is 31.2 Å². The molecule has 2 aromatic heterocycles. The van der Waals surface area contributed by atoms with Crippen molar-refractivity contribution >= 4 is 27.5 Å². The van der Waals surface area contributed by atoms with Crippen LogP contribution in [0.25, 0.3) is 0 Å². The highest BCUT2D eigenvalue weighted by molar-refractivity contribution is 9.10. The second-order valence-electron chi connectivity index (χ2n) is 4.23. The van der Waals surface area contributed by atoms with Crippen molar-refractivity contribution in [2.75, 3.05) is 5.32 Å². The van der Waals surface area contributed by atoms with Crippen LogP contribution in [0.1, 0.15) is 10.6 Å². The number of rotatable bonds is 4. The topological polar surface area (TPSA) is 77.2 Å². The van der Waals surface area contributed by atoms with Crippen molar-refractivity contribution in [3.8, 4) is 11.8 Å². The number of hydrogen-bond donors (Lipinski definition) is 1. The van der Waals surface area contributed by atoms with Gasteiger partial charge < -0.3 is 14.5 Å². The zero-order valence-corrected chi connectivity index (χ0v) is 12.8. The fourth-order valence-electron chi connectivity index (χ4n) is 1.66. The summed E-state index contributed by atoms with van der Waals surface area (Å²) < 4.78 is 11.1. The normalized spacial score (nSPS) is 10.2. The number of benzene rings is 1. The van der Waals surface area contributed by atoms with Gasteiger partial charge in [-0.25, -0.2) is 9.97 Å². The predicted octanol–water partition coefficient (Wildman–Crippen LogP) is 3.88. The number of furan rings is 1. The van der Waals surface area contributed by atoms with Crippen LogP contribution >= 0.6 is 15.9 Å². The average Bonchev–Trinajstić information content (AvgIpc) is 2.97. The van der Waals surface area contributed by atoms with E-state index in [4.69, 9.17) is 9.15 Å². The number of amides is 1. The van der Waals surface area contributed by atoms with Gasteiger partial charge in [-0.05, 0) is 40.2 Å². The Kier molecular flexibility index (Phi) is 4.15. The molecule has 3 rings (SSSR count). The lowest BCUT2D eigenvalue weighted by atomic mass is 10.3. The minimum absolute atomic E-state index is 0.191. The van der Waals surface area contributed by atoms with Crippen LogP contribution in [0.15, 0.2) is 63.9 Å². The monoisotopic (exact) mass is 359 g/mol. The fourth-order valence-corrected chi connectivity index (χ4v) is 1.96. The summed E-state index contributed by atoms with van der Waals surface area (Å²) in [6.45, 7) is 0. The van der Waals surface area contributed by atoms with Crippen molar-refractivity contribution in [1.82, 2.24) is 9.97 Å². The number of carbonyl (C=O) groups is 1. The van der Waals surface area contributed by atoms with Gasteiger partial charge in [-0.15, -0.1) is 0 Å². The molecule has 1 N–H and O–H groups in total. The van der Waals surface area contributed by atoms with Crippen LogP contribution in [0.3, 0.4) is 0 Å². The summed E-state index contributed by atoms with van der Waals surface area (Å²) in [6, 6.07) is 12.6. The van der Waals surface area contributed by atoms with Gasteiger partial charge in [0.1, 0.15) is 5.75 Å². The molecule has 0 radical (unpaired) electrons. The van der Waals surface area contributed by atoms with Crippen LogP contribution in [0.2, 0.25) is 0 Å². The summed E-state index contributed by atoms with van der Waals surface area (Å²) in [7, 11) is 0. The van der Waals surface area contributed by atoms with Gasteiger partial charge in [0.15, 0.2) is 10.4 Å². The van der Waals surface area contributed by atoms with Crippen molar-refractivity contribution in [3.05, 3.63) is 65.3 Å². The number of anilines is 1. The van der Waals surface area contributed by atoms with Crippen molar-refractivity contribution in [1.29, 1.82) is 0 Å². The first-order valence-electron chi connectivity index (χ1n) is 6.32. The molecule has 0 saturated heterocycles. The van der Waals surface area contributed by atoms with Crippen LogP contribution in [-0.4, -0.2) is 15.9 Å². The Labute approximate surface area is 134 Å². The van der Waals surface area contributed by atoms with Gasteiger partial charge in [0, 0.05) is 0 Å². The minimum Gasteiger partial charge on any atom is -0.444 e. The number of ether oxygens (including phenoxy) is 1. The van der Waals surface area contributed by atoms with Gasteiger partial charge in [0.05, 0.1) is 18.1 Å². The van der Waals surface area contributed by atoms with Crippen LogP contribution < -0.4 is 10.1 Å².